The van der Waals surface area contributed by atoms with Gasteiger partial charge in [0, 0.05) is 45.2 Å². The van der Waals surface area contributed by atoms with Crippen LogP contribution in [0.15, 0.2) is 4.52 Å². The molecule has 3 atom stereocenters. The van der Waals surface area contributed by atoms with Crippen molar-refractivity contribution in [2.24, 2.45) is 5.92 Å². The molecule has 0 radical (unpaired) electrons. The van der Waals surface area contributed by atoms with Crippen molar-refractivity contribution in [3.05, 3.63) is 17.0 Å². The minimum Gasteiger partial charge on any atom is -0.373 e. The van der Waals surface area contributed by atoms with E-state index in [2.05, 4.69) is 10.1 Å². The molecule has 3 rings (SSSR count). The van der Waals surface area contributed by atoms with E-state index in [1.54, 1.807) is 19.0 Å². The summed E-state index contributed by atoms with van der Waals surface area (Å²) in [4.78, 5) is 15.8. The molecule has 2 aliphatic rings. The van der Waals surface area contributed by atoms with Crippen LogP contribution in [0.25, 0.3) is 0 Å². The number of likely N-dealkylation sites (tertiary alicyclic amines) is 1. The highest BCUT2D eigenvalue weighted by Crippen LogP contribution is 2.35. The quantitative estimate of drug-likeness (QED) is 0.840. The van der Waals surface area contributed by atoms with E-state index in [-0.39, 0.29) is 18.1 Å². The predicted molar refractivity (Wildman–Crippen MR) is 81.3 cm³/mol. The maximum Gasteiger partial charge on any atom is 0.224 e. The highest BCUT2D eigenvalue weighted by atomic mass is 16.5. The van der Waals surface area contributed by atoms with Gasteiger partial charge >= 0.3 is 0 Å². The van der Waals surface area contributed by atoms with Gasteiger partial charge in [-0.3, -0.25) is 9.69 Å². The lowest BCUT2D eigenvalue weighted by molar-refractivity contribution is -0.131. The van der Waals surface area contributed by atoms with Crippen LogP contribution in [-0.4, -0.2) is 60.3 Å². The van der Waals surface area contributed by atoms with Gasteiger partial charge in [-0.1, -0.05) is 5.16 Å². The molecular formula is C16H25N3O3. The Kier molecular flexibility index (Phi) is 4.23. The molecule has 0 bridgehead atoms. The summed E-state index contributed by atoms with van der Waals surface area (Å²) >= 11 is 0. The Morgan fingerprint density at radius 2 is 2.14 bits per heavy atom. The Hall–Kier alpha value is -1.40. The zero-order chi connectivity index (χ0) is 15.9. The number of aryl methyl sites for hydroxylation is 2. The van der Waals surface area contributed by atoms with Crippen molar-refractivity contribution in [2.75, 3.05) is 27.2 Å². The number of ether oxygens (including phenoxy) is 1. The van der Waals surface area contributed by atoms with Crippen LogP contribution in [0.3, 0.4) is 0 Å². The Labute approximate surface area is 131 Å². The fraction of sp³-hybridized carbons (Fsp3) is 0.750. The topological polar surface area (TPSA) is 58.8 Å². The molecule has 0 aliphatic carbocycles. The summed E-state index contributed by atoms with van der Waals surface area (Å²) in [6.07, 6.45) is 1.85. The first-order chi connectivity index (χ1) is 10.4. The minimum absolute atomic E-state index is 0.0890. The fourth-order valence-corrected chi connectivity index (χ4v) is 3.54. The smallest absolute Gasteiger partial charge is 0.224 e. The molecule has 122 valence electrons. The molecular weight excluding hydrogens is 282 g/mol. The average Bonchev–Trinajstić information content (AvgIpc) is 3.07. The van der Waals surface area contributed by atoms with E-state index in [0.717, 1.165) is 37.5 Å². The van der Waals surface area contributed by atoms with Crippen molar-refractivity contribution in [2.45, 2.75) is 45.4 Å². The lowest BCUT2D eigenvalue weighted by atomic mass is 10.0. The molecule has 1 aromatic heterocycles. The van der Waals surface area contributed by atoms with Crippen molar-refractivity contribution in [1.82, 2.24) is 15.0 Å². The van der Waals surface area contributed by atoms with Crippen LogP contribution in [0.2, 0.25) is 0 Å². The maximum atomic E-state index is 11.8. The summed E-state index contributed by atoms with van der Waals surface area (Å²) < 4.78 is 11.3. The summed E-state index contributed by atoms with van der Waals surface area (Å²) in [6.45, 7) is 6.79. The summed E-state index contributed by atoms with van der Waals surface area (Å²) in [6, 6.07) is 0. The molecule has 0 N–H and O–H groups in total. The molecule has 22 heavy (non-hydrogen) atoms. The van der Waals surface area contributed by atoms with Crippen molar-refractivity contribution < 1.29 is 14.1 Å². The van der Waals surface area contributed by atoms with Crippen molar-refractivity contribution in [1.29, 1.82) is 0 Å². The molecule has 6 nitrogen and oxygen atoms in total. The Bertz CT molecular complexity index is 521. The number of hydrogen-bond donors (Lipinski definition) is 0. The molecule has 0 spiro atoms. The largest absolute Gasteiger partial charge is 0.373 e. The van der Waals surface area contributed by atoms with Crippen LogP contribution in [0.1, 0.15) is 29.9 Å². The second-order valence-corrected chi connectivity index (χ2v) is 6.78. The molecule has 2 aliphatic heterocycles. The number of rotatable bonds is 4. The predicted octanol–water partition coefficient (Wildman–Crippen LogP) is 1.36. The van der Waals surface area contributed by atoms with E-state index in [1.807, 2.05) is 13.8 Å². The summed E-state index contributed by atoms with van der Waals surface area (Å²) in [5.41, 5.74) is 2.17. The first-order valence-corrected chi connectivity index (χ1v) is 7.93. The van der Waals surface area contributed by atoms with Crippen LogP contribution >= 0.6 is 0 Å². The second kappa shape index (κ2) is 6.01. The van der Waals surface area contributed by atoms with Gasteiger partial charge in [-0.05, 0) is 20.3 Å². The SMILES string of the molecule is Cc1noc(C)c1CN1C[C@@H]2C[C@H](CC(=O)N(C)C)O[C@@H]2C1. The first kappa shape index (κ1) is 15.5. The minimum atomic E-state index is 0.0890. The Morgan fingerprint density at radius 1 is 1.36 bits per heavy atom. The molecule has 1 aromatic rings. The standard InChI is InChI=1S/C16H25N3O3/c1-10-14(11(2)22-17-10)8-19-7-12-5-13(21-15(12)9-19)6-16(20)18(3)4/h12-13,15H,5-9H2,1-4H3/t12-,13+,15+/m0/s1. The summed E-state index contributed by atoms with van der Waals surface area (Å²) in [7, 11) is 3.59. The van der Waals surface area contributed by atoms with Gasteiger partial charge in [-0.15, -0.1) is 0 Å². The highest BCUT2D eigenvalue weighted by Gasteiger charge is 2.42. The van der Waals surface area contributed by atoms with Gasteiger partial charge in [0.1, 0.15) is 5.76 Å². The maximum absolute atomic E-state index is 11.8. The third-order valence-electron chi connectivity index (χ3n) is 4.85. The van der Waals surface area contributed by atoms with Crippen molar-refractivity contribution >= 4 is 5.91 Å². The normalized spacial score (nSPS) is 28.1. The van der Waals surface area contributed by atoms with E-state index in [1.165, 1.54) is 5.56 Å². The van der Waals surface area contributed by atoms with Crippen molar-refractivity contribution in [3.8, 4) is 0 Å². The van der Waals surface area contributed by atoms with E-state index in [0.29, 0.717) is 12.3 Å². The van der Waals surface area contributed by atoms with E-state index in [4.69, 9.17) is 9.26 Å². The first-order valence-electron chi connectivity index (χ1n) is 7.93. The molecule has 0 unspecified atom stereocenters. The zero-order valence-electron chi connectivity index (χ0n) is 13.8. The number of hydrogen-bond acceptors (Lipinski definition) is 5. The van der Waals surface area contributed by atoms with Gasteiger partial charge in [0.2, 0.25) is 5.91 Å². The molecule has 0 saturated carbocycles. The highest BCUT2D eigenvalue weighted by molar-refractivity contribution is 5.76. The lowest BCUT2D eigenvalue weighted by Gasteiger charge is -2.19. The molecule has 6 heteroatoms. The van der Waals surface area contributed by atoms with Gasteiger partial charge in [-0.25, -0.2) is 0 Å². The van der Waals surface area contributed by atoms with Gasteiger partial charge in [0.05, 0.1) is 24.3 Å². The lowest BCUT2D eigenvalue weighted by Crippen LogP contribution is -2.29. The fourth-order valence-electron chi connectivity index (χ4n) is 3.54. The third kappa shape index (κ3) is 3.03. The van der Waals surface area contributed by atoms with Crippen LogP contribution in [-0.2, 0) is 16.1 Å². The van der Waals surface area contributed by atoms with Crippen LogP contribution in [0.4, 0.5) is 0 Å². The molecule has 2 saturated heterocycles. The second-order valence-electron chi connectivity index (χ2n) is 6.78. The number of carbonyl (C=O) groups is 1. The zero-order valence-corrected chi connectivity index (χ0v) is 13.8. The third-order valence-corrected chi connectivity index (χ3v) is 4.85. The molecule has 3 heterocycles. The Morgan fingerprint density at radius 3 is 2.73 bits per heavy atom. The van der Waals surface area contributed by atoms with Gasteiger partial charge in [0.25, 0.3) is 0 Å². The van der Waals surface area contributed by atoms with Gasteiger partial charge < -0.3 is 14.2 Å². The van der Waals surface area contributed by atoms with E-state index >= 15 is 0 Å². The number of amides is 1. The number of carbonyl (C=O) groups excluding carboxylic acids is 1. The van der Waals surface area contributed by atoms with Crippen LogP contribution in [0.5, 0.6) is 0 Å². The van der Waals surface area contributed by atoms with Crippen LogP contribution < -0.4 is 0 Å². The summed E-state index contributed by atoms with van der Waals surface area (Å²) in [5, 5.41) is 4.02. The number of fused-ring (bicyclic) bond motifs is 1. The molecule has 0 aromatic carbocycles. The van der Waals surface area contributed by atoms with Crippen molar-refractivity contribution in [3.63, 3.8) is 0 Å². The van der Waals surface area contributed by atoms with Gasteiger partial charge in [0.15, 0.2) is 0 Å². The van der Waals surface area contributed by atoms with E-state index < -0.39 is 0 Å². The number of nitrogens with zero attached hydrogens (tertiary/aromatic N) is 3. The summed E-state index contributed by atoms with van der Waals surface area (Å²) in [5.74, 6) is 1.60. The Balaban J connectivity index is 1.53. The monoisotopic (exact) mass is 307 g/mol. The number of aromatic nitrogens is 1. The van der Waals surface area contributed by atoms with Crippen LogP contribution in [0, 0.1) is 19.8 Å². The average molecular weight is 307 g/mol. The molecule has 2 fully saturated rings. The molecule has 1 amide bonds. The van der Waals surface area contributed by atoms with E-state index in [9.17, 15) is 4.79 Å². The van der Waals surface area contributed by atoms with Gasteiger partial charge in [-0.2, -0.15) is 0 Å².